The second-order valence-electron chi connectivity index (χ2n) is 8.13. The van der Waals surface area contributed by atoms with Crippen LogP contribution in [0.3, 0.4) is 0 Å². The van der Waals surface area contributed by atoms with E-state index in [4.69, 9.17) is 9.16 Å². The molecule has 0 spiro atoms. The van der Waals surface area contributed by atoms with Crippen molar-refractivity contribution in [2.75, 3.05) is 0 Å². The third-order valence-electron chi connectivity index (χ3n) is 5.06. The minimum absolute atomic E-state index is 0.0175. The average Bonchev–Trinajstić information content (AvgIpc) is 2.74. The minimum atomic E-state index is -2.08. The van der Waals surface area contributed by atoms with Gasteiger partial charge in [0, 0.05) is 13.5 Å². The molecule has 0 aromatic heterocycles. The first-order chi connectivity index (χ1) is 11.5. The third kappa shape index (κ3) is 4.70. The first-order valence-electron chi connectivity index (χ1n) is 8.70. The van der Waals surface area contributed by atoms with E-state index in [1.807, 2.05) is 30.3 Å². The van der Waals surface area contributed by atoms with Gasteiger partial charge in [0.2, 0.25) is 12.1 Å². The number of rotatable bonds is 5. The summed E-state index contributed by atoms with van der Waals surface area (Å²) >= 11 is 0. The van der Waals surface area contributed by atoms with E-state index in [1.165, 1.54) is 6.92 Å². The monoisotopic (exact) mass is 363 g/mol. The van der Waals surface area contributed by atoms with Crippen LogP contribution < -0.4 is 0 Å². The summed E-state index contributed by atoms with van der Waals surface area (Å²) in [5.74, 6) is -0.444. The summed E-state index contributed by atoms with van der Waals surface area (Å²) in [4.78, 5) is 25.8. The fourth-order valence-corrected chi connectivity index (χ4v) is 3.97. The molecule has 1 aromatic carbocycles. The first-order valence-corrected chi connectivity index (χ1v) is 11.6. The van der Waals surface area contributed by atoms with Gasteiger partial charge in [0.25, 0.3) is 0 Å². The fraction of sp³-hybridized carbons (Fsp3) is 0.579. The summed E-state index contributed by atoms with van der Waals surface area (Å²) in [6, 6.07) is 9.71. The highest BCUT2D eigenvalue weighted by Gasteiger charge is 2.48. The molecule has 0 bridgehead atoms. The third-order valence-corrected chi connectivity index (χ3v) is 9.56. The lowest BCUT2D eigenvalue weighted by Gasteiger charge is -2.39. The van der Waals surface area contributed by atoms with Crippen molar-refractivity contribution in [3.63, 3.8) is 0 Å². The number of carbonyl (C=O) groups is 2. The number of hydrogen-bond acceptors (Lipinski definition) is 4. The highest BCUT2D eigenvalue weighted by molar-refractivity contribution is 6.74. The molecule has 25 heavy (non-hydrogen) atoms. The molecule has 5 nitrogen and oxygen atoms in total. The van der Waals surface area contributed by atoms with Crippen LogP contribution in [0.2, 0.25) is 18.1 Å². The lowest BCUT2D eigenvalue weighted by atomic mass is 10.2. The Balaban J connectivity index is 2.23. The maximum Gasteiger partial charge on any atom is 0.304 e. The Labute approximate surface area is 151 Å². The lowest BCUT2D eigenvalue weighted by Crippen LogP contribution is -2.48. The van der Waals surface area contributed by atoms with Gasteiger partial charge in [0.1, 0.15) is 6.10 Å². The van der Waals surface area contributed by atoms with Crippen LogP contribution in [0.5, 0.6) is 0 Å². The SMILES string of the molecule is CC(=O)O[C@H]1[C@@H](O[Si](C)(C)C(C)(C)C)CC(=O)N1Cc1ccccc1. The number of hydrogen-bond donors (Lipinski definition) is 0. The van der Waals surface area contributed by atoms with Crippen molar-refractivity contribution in [2.24, 2.45) is 0 Å². The molecule has 1 amide bonds. The molecule has 6 heteroatoms. The second-order valence-corrected chi connectivity index (χ2v) is 12.9. The van der Waals surface area contributed by atoms with Crippen molar-refractivity contribution in [2.45, 2.75) is 71.1 Å². The number of carbonyl (C=O) groups excluding carboxylic acids is 2. The zero-order valence-corrected chi connectivity index (χ0v) is 17.0. The summed E-state index contributed by atoms with van der Waals surface area (Å²) < 4.78 is 11.9. The van der Waals surface area contributed by atoms with Crippen LogP contribution >= 0.6 is 0 Å². The summed E-state index contributed by atoms with van der Waals surface area (Å²) in [7, 11) is -2.08. The van der Waals surface area contributed by atoms with Crippen LogP contribution in [0, 0.1) is 0 Å². The number of amides is 1. The van der Waals surface area contributed by atoms with E-state index in [-0.39, 0.29) is 17.4 Å². The Bertz CT molecular complexity index is 624. The predicted octanol–water partition coefficient (Wildman–Crippen LogP) is 3.70. The van der Waals surface area contributed by atoms with E-state index in [9.17, 15) is 9.59 Å². The quantitative estimate of drug-likeness (QED) is 0.591. The topological polar surface area (TPSA) is 55.8 Å². The van der Waals surface area contributed by atoms with E-state index in [2.05, 4.69) is 33.9 Å². The smallest absolute Gasteiger partial charge is 0.304 e. The van der Waals surface area contributed by atoms with Gasteiger partial charge in [-0.15, -0.1) is 0 Å². The van der Waals surface area contributed by atoms with Crippen LogP contribution in [0.15, 0.2) is 30.3 Å². The van der Waals surface area contributed by atoms with Gasteiger partial charge < -0.3 is 14.1 Å². The van der Waals surface area contributed by atoms with Crippen molar-refractivity contribution in [3.05, 3.63) is 35.9 Å². The molecule has 1 aliphatic heterocycles. The van der Waals surface area contributed by atoms with Crippen LogP contribution in [0.25, 0.3) is 0 Å². The number of benzene rings is 1. The predicted molar refractivity (Wildman–Crippen MR) is 99.2 cm³/mol. The van der Waals surface area contributed by atoms with Gasteiger partial charge in [0.15, 0.2) is 8.32 Å². The van der Waals surface area contributed by atoms with Crippen LogP contribution in [0.4, 0.5) is 0 Å². The molecule has 0 radical (unpaired) electrons. The van der Waals surface area contributed by atoms with Crippen LogP contribution in [-0.4, -0.2) is 37.4 Å². The lowest BCUT2D eigenvalue weighted by molar-refractivity contribution is -0.163. The molecule has 0 aliphatic carbocycles. The minimum Gasteiger partial charge on any atom is -0.439 e. The van der Waals surface area contributed by atoms with Gasteiger partial charge in [-0.25, -0.2) is 0 Å². The zero-order chi connectivity index (χ0) is 18.8. The average molecular weight is 364 g/mol. The van der Waals surface area contributed by atoms with Crippen LogP contribution in [-0.2, 0) is 25.3 Å². The van der Waals surface area contributed by atoms with Gasteiger partial charge in [-0.3, -0.25) is 9.59 Å². The Kier molecular flexibility index (Phi) is 5.74. The molecule has 0 N–H and O–H groups in total. The molecule has 1 aliphatic rings. The van der Waals surface area contributed by atoms with E-state index in [0.29, 0.717) is 6.54 Å². The Morgan fingerprint density at radius 3 is 2.36 bits per heavy atom. The molecule has 1 heterocycles. The Morgan fingerprint density at radius 1 is 1.24 bits per heavy atom. The Hall–Kier alpha value is -1.66. The summed E-state index contributed by atoms with van der Waals surface area (Å²) in [6.45, 7) is 12.5. The van der Waals surface area contributed by atoms with Gasteiger partial charge in [-0.1, -0.05) is 51.1 Å². The van der Waals surface area contributed by atoms with Gasteiger partial charge in [0.05, 0.1) is 6.42 Å². The molecular formula is C19H29NO4Si. The normalized spacial score (nSPS) is 21.5. The van der Waals surface area contributed by atoms with E-state index in [1.54, 1.807) is 4.90 Å². The van der Waals surface area contributed by atoms with Crippen LogP contribution in [0.1, 0.15) is 39.7 Å². The molecule has 0 saturated carbocycles. The number of ether oxygens (including phenoxy) is 1. The number of esters is 1. The molecule has 1 fully saturated rings. The summed E-state index contributed by atoms with van der Waals surface area (Å²) in [6.07, 6.45) is -0.836. The Morgan fingerprint density at radius 2 is 1.84 bits per heavy atom. The molecule has 138 valence electrons. The van der Waals surface area contributed by atoms with Crippen molar-refractivity contribution in [1.29, 1.82) is 0 Å². The highest BCUT2D eigenvalue weighted by Crippen LogP contribution is 2.39. The standard InChI is InChI=1S/C19H29NO4Si/c1-14(21)23-18-16(24-25(5,6)19(2,3)4)12-17(22)20(18)13-15-10-8-7-9-11-15/h7-11,16,18H,12-13H2,1-6H3/t16-,18-/m0/s1. The fourth-order valence-electron chi connectivity index (χ4n) is 2.66. The molecule has 1 saturated heterocycles. The molecule has 0 unspecified atom stereocenters. The highest BCUT2D eigenvalue weighted by atomic mass is 28.4. The maximum absolute atomic E-state index is 12.6. The van der Waals surface area contributed by atoms with Gasteiger partial charge >= 0.3 is 5.97 Å². The molecule has 2 atom stereocenters. The summed E-state index contributed by atoms with van der Waals surface area (Å²) in [5, 5.41) is 0.0175. The van der Waals surface area contributed by atoms with Crippen molar-refractivity contribution in [3.8, 4) is 0 Å². The van der Waals surface area contributed by atoms with E-state index in [0.717, 1.165) is 5.56 Å². The van der Waals surface area contributed by atoms with Crippen molar-refractivity contribution < 1.29 is 18.8 Å². The zero-order valence-electron chi connectivity index (χ0n) is 16.0. The molecule has 2 rings (SSSR count). The maximum atomic E-state index is 12.6. The van der Waals surface area contributed by atoms with E-state index < -0.39 is 26.6 Å². The largest absolute Gasteiger partial charge is 0.439 e. The van der Waals surface area contributed by atoms with Crippen molar-refractivity contribution in [1.82, 2.24) is 4.90 Å². The van der Waals surface area contributed by atoms with E-state index >= 15 is 0 Å². The van der Waals surface area contributed by atoms with Crippen molar-refractivity contribution >= 4 is 20.2 Å². The molecule has 1 aromatic rings. The van der Waals surface area contributed by atoms with Gasteiger partial charge in [-0.2, -0.15) is 0 Å². The first kappa shape index (κ1) is 19.7. The second kappa shape index (κ2) is 7.29. The number of nitrogens with zero attached hydrogens (tertiary/aromatic N) is 1. The summed E-state index contributed by atoms with van der Waals surface area (Å²) in [5.41, 5.74) is 1.00. The molecular weight excluding hydrogens is 334 g/mol. The number of likely N-dealkylation sites (tertiary alicyclic amines) is 1. The van der Waals surface area contributed by atoms with Gasteiger partial charge in [-0.05, 0) is 23.7 Å².